The van der Waals surface area contributed by atoms with Gasteiger partial charge in [0.25, 0.3) is 5.91 Å². The summed E-state index contributed by atoms with van der Waals surface area (Å²) < 4.78 is 81.1. The predicted molar refractivity (Wildman–Crippen MR) is 159 cm³/mol. The average Bonchev–Trinajstić information content (AvgIpc) is 3.32. The molecule has 13 heteroatoms. The highest BCUT2D eigenvalue weighted by molar-refractivity contribution is 7.98. The lowest BCUT2D eigenvalue weighted by molar-refractivity contribution is -0.143. The third kappa shape index (κ3) is 6.63. The van der Waals surface area contributed by atoms with Crippen molar-refractivity contribution < 1.29 is 31.1 Å². The molecule has 0 radical (unpaired) electrons. The second-order valence-corrected chi connectivity index (χ2v) is 11.0. The van der Waals surface area contributed by atoms with Crippen LogP contribution in [0.3, 0.4) is 0 Å². The van der Waals surface area contributed by atoms with Gasteiger partial charge in [-0.25, -0.2) is 4.98 Å². The number of para-hydroxylation sites is 1. The van der Waals surface area contributed by atoms with Crippen molar-refractivity contribution in [1.29, 1.82) is 0 Å². The zero-order valence-electron chi connectivity index (χ0n) is 23.0. The molecule has 2 aromatic heterocycles. The van der Waals surface area contributed by atoms with E-state index in [1.54, 1.807) is 12.1 Å². The number of aromatic nitrogens is 4. The quantitative estimate of drug-likeness (QED) is 0.140. The first kappa shape index (κ1) is 30.1. The van der Waals surface area contributed by atoms with Crippen molar-refractivity contribution in [2.45, 2.75) is 29.8 Å². The zero-order chi connectivity index (χ0) is 31.8. The van der Waals surface area contributed by atoms with Gasteiger partial charge in [-0.15, -0.1) is 10.2 Å². The normalized spacial score (nSPS) is 12.1. The van der Waals surface area contributed by atoms with Crippen molar-refractivity contribution in [2.24, 2.45) is 0 Å². The summed E-state index contributed by atoms with van der Waals surface area (Å²) in [5, 5.41) is 12.3. The lowest BCUT2D eigenvalue weighted by Gasteiger charge is -2.15. The minimum atomic E-state index is -5.03. The van der Waals surface area contributed by atoms with Gasteiger partial charge in [0.15, 0.2) is 5.65 Å². The Bertz CT molecular complexity index is 1980. The van der Waals surface area contributed by atoms with E-state index in [1.165, 1.54) is 23.9 Å². The van der Waals surface area contributed by atoms with Crippen molar-refractivity contribution in [1.82, 2.24) is 19.7 Å². The number of carbonyl (C=O) groups excluding carboxylic acids is 1. The number of nitrogens with one attached hydrogen (secondary N) is 1. The van der Waals surface area contributed by atoms with Crippen molar-refractivity contribution in [2.75, 3.05) is 5.32 Å². The molecule has 4 aromatic carbocycles. The number of fused-ring (bicyclic) bond motifs is 3. The van der Waals surface area contributed by atoms with Crippen LogP contribution in [0.4, 0.5) is 32.0 Å². The minimum absolute atomic E-state index is 0.00198. The van der Waals surface area contributed by atoms with Crippen LogP contribution in [0.1, 0.15) is 32.6 Å². The zero-order valence-corrected chi connectivity index (χ0v) is 23.8. The largest absolute Gasteiger partial charge is 0.416 e. The number of benzene rings is 4. The first-order valence-electron chi connectivity index (χ1n) is 13.4. The van der Waals surface area contributed by atoms with Crippen LogP contribution in [0, 0.1) is 0 Å². The Morgan fingerprint density at radius 3 is 2.07 bits per heavy atom. The summed E-state index contributed by atoms with van der Waals surface area (Å²) in [6.07, 6.45) is -10.1. The molecule has 2 heterocycles. The maximum Gasteiger partial charge on any atom is 0.416 e. The SMILES string of the molecule is O=C(Nc1cc(C(F)(F)F)cc(C(F)(F)F)c1)c1ccc(CSc2nnc3c4ccccc4n(Cc4ccccc4)c3n2)cc1. The van der Waals surface area contributed by atoms with Gasteiger partial charge in [-0.2, -0.15) is 26.3 Å². The van der Waals surface area contributed by atoms with Gasteiger partial charge in [0.2, 0.25) is 5.16 Å². The molecule has 0 unspecified atom stereocenters. The van der Waals surface area contributed by atoms with Crippen LogP contribution >= 0.6 is 11.8 Å². The summed E-state index contributed by atoms with van der Waals surface area (Å²) in [6.45, 7) is 0.592. The van der Waals surface area contributed by atoms with Gasteiger partial charge in [0.05, 0.1) is 16.6 Å². The molecule has 6 nitrogen and oxygen atoms in total. The van der Waals surface area contributed by atoms with E-state index in [4.69, 9.17) is 4.98 Å². The van der Waals surface area contributed by atoms with Crippen LogP contribution in [0.5, 0.6) is 0 Å². The first-order valence-corrected chi connectivity index (χ1v) is 14.4. The molecule has 6 rings (SSSR count). The van der Waals surface area contributed by atoms with Gasteiger partial charge in [-0.1, -0.05) is 72.4 Å². The fourth-order valence-corrected chi connectivity index (χ4v) is 5.54. The molecule has 0 aliphatic carbocycles. The van der Waals surface area contributed by atoms with Crippen molar-refractivity contribution in [3.05, 3.63) is 125 Å². The van der Waals surface area contributed by atoms with Crippen molar-refractivity contribution in [3.8, 4) is 0 Å². The van der Waals surface area contributed by atoms with E-state index in [0.29, 0.717) is 40.8 Å². The number of carbonyl (C=O) groups is 1. The van der Waals surface area contributed by atoms with Crippen LogP contribution < -0.4 is 5.32 Å². The molecule has 0 aliphatic rings. The highest BCUT2D eigenvalue weighted by Gasteiger charge is 2.37. The third-order valence-corrected chi connectivity index (χ3v) is 7.88. The molecule has 6 aromatic rings. The number of halogens is 6. The fourth-order valence-electron chi connectivity index (χ4n) is 4.81. The molecular formula is C32H21F6N5OS. The van der Waals surface area contributed by atoms with Gasteiger partial charge >= 0.3 is 12.4 Å². The molecule has 1 N–H and O–H groups in total. The van der Waals surface area contributed by atoms with Crippen molar-refractivity contribution in [3.63, 3.8) is 0 Å². The summed E-state index contributed by atoms with van der Waals surface area (Å²) in [6, 6.07) is 24.9. The number of thioether (sulfide) groups is 1. The highest BCUT2D eigenvalue weighted by Crippen LogP contribution is 2.37. The highest BCUT2D eigenvalue weighted by atomic mass is 32.2. The van der Waals surface area contributed by atoms with Gasteiger partial charge in [0.1, 0.15) is 5.52 Å². The third-order valence-electron chi connectivity index (χ3n) is 6.97. The fraction of sp³-hybridized carbons (Fsp3) is 0.125. The summed E-state index contributed by atoms with van der Waals surface area (Å²) in [4.78, 5) is 17.5. The number of rotatable bonds is 7. The summed E-state index contributed by atoms with van der Waals surface area (Å²) in [7, 11) is 0. The number of hydrogen-bond acceptors (Lipinski definition) is 5. The number of nitrogens with zero attached hydrogens (tertiary/aromatic N) is 4. The molecule has 0 fully saturated rings. The lowest BCUT2D eigenvalue weighted by Crippen LogP contribution is -2.16. The molecule has 0 spiro atoms. The molecule has 0 saturated carbocycles. The van der Waals surface area contributed by atoms with Crippen LogP contribution in [0.15, 0.2) is 102 Å². The Morgan fingerprint density at radius 2 is 1.40 bits per heavy atom. The Labute approximate surface area is 256 Å². The summed E-state index contributed by atoms with van der Waals surface area (Å²) in [5.74, 6) is -0.442. The standard InChI is InChI=1S/C32H21F6N5OS/c33-31(34,35)22-14-23(32(36,37)38)16-24(15-22)39-29(44)21-12-10-20(11-13-21)18-45-30-40-28-27(41-42-30)25-8-4-5-9-26(25)43(28)17-19-6-2-1-3-7-19/h1-16H,17-18H2,(H,39,44). The van der Waals surface area contributed by atoms with Gasteiger partial charge in [-0.3, -0.25) is 4.79 Å². The van der Waals surface area contributed by atoms with Crippen LogP contribution in [0.2, 0.25) is 0 Å². The van der Waals surface area contributed by atoms with Gasteiger partial charge < -0.3 is 9.88 Å². The molecule has 0 saturated heterocycles. The maximum absolute atomic E-state index is 13.2. The van der Waals surface area contributed by atoms with Gasteiger partial charge in [-0.05, 0) is 47.5 Å². The molecule has 228 valence electrons. The van der Waals surface area contributed by atoms with Crippen LogP contribution in [-0.2, 0) is 24.7 Å². The Hall–Kier alpha value is -4.91. The molecule has 0 aliphatic heterocycles. The number of alkyl halides is 6. The Kier molecular flexibility index (Phi) is 7.96. The average molecular weight is 638 g/mol. The van der Waals surface area contributed by atoms with E-state index in [-0.39, 0.29) is 11.6 Å². The topological polar surface area (TPSA) is 72.7 Å². The number of hydrogen-bond donors (Lipinski definition) is 1. The minimum Gasteiger partial charge on any atom is -0.322 e. The van der Waals surface area contributed by atoms with Crippen LogP contribution in [0.25, 0.3) is 22.1 Å². The smallest absolute Gasteiger partial charge is 0.322 e. The first-order chi connectivity index (χ1) is 21.5. The van der Waals surface area contributed by atoms with E-state index in [1.807, 2.05) is 54.6 Å². The summed E-state index contributed by atoms with van der Waals surface area (Å²) >= 11 is 1.33. The second kappa shape index (κ2) is 11.9. The van der Waals surface area contributed by atoms with Crippen LogP contribution in [-0.4, -0.2) is 25.7 Å². The molecule has 0 atom stereocenters. The van der Waals surface area contributed by atoms with E-state index in [9.17, 15) is 31.1 Å². The van der Waals surface area contributed by atoms with E-state index >= 15 is 0 Å². The molecule has 45 heavy (non-hydrogen) atoms. The number of amides is 1. The maximum atomic E-state index is 13.2. The molecular weight excluding hydrogens is 616 g/mol. The second-order valence-electron chi connectivity index (χ2n) is 10.1. The Morgan fingerprint density at radius 1 is 0.756 bits per heavy atom. The van der Waals surface area contributed by atoms with E-state index < -0.39 is 35.1 Å². The molecule has 0 bridgehead atoms. The number of anilines is 1. The predicted octanol–water partition coefficient (Wildman–Crippen LogP) is 8.61. The van der Waals surface area contributed by atoms with E-state index in [2.05, 4.69) is 20.1 Å². The summed E-state index contributed by atoms with van der Waals surface area (Å²) in [5.41, 5.74) is 0.636. The Balaban J connectivity index is 1.18. The lowest BCUT2D eigenvalue weighted by atomic mass is 10.1. The van der Waals surface area contributed by atoms with Crippen molar-refractivity contribution >= 4 is 45.4 Å². The van der Waals surface area contributed by atoms with E-state index in [0.717, 1.165) is 22.0 Å². The molecule has 1 amide bonds. The monoisotopic (exact) mass is 637 g/mol. The van der Waals surface area contributed by atoms with Gasteiger partial charge in [0, 0.05) is 28.9 Å².